The zero-order valence-corrected chi connectivity index (χ0v) is 16.2. The van der Waals surface area contributed by atoms with Gasteiger partial charge in [0.25, 0.3) is 10.0 Å². The Morgan fingerprint density at radius 3 is 2.61 bits per heavy atom. The van der Waals surface area contributed by atoms with Crippen molar-refractivity contribution in [2.45, 2.75) is 11.8 Å². The van der Waals surface area contributed by atoms with Crippen molar-refractivity contribution in [3.8, 4) is 0 Å². The molecule has 0 amide bonds. The minimum Gasteiger partial charge on any atom is -0.478 e. The fraction of sp³-hybridized carbons (Fsp3) is 0.105. The summed E-state index contributed by atoms with van der Waals surface area (Å²) in [5.74, 6) is -1.22. The Kier molecular flexibility index (Phi) is 6.32. The highest BCUT2D eigenvalue weighted by Crippen LogP contribution is 2.29. The number of rotatable bonds is 7. The van der Waals surface area contributed by atoms with E-state index >= 15 is 0 Å². The molecule has 0 aliphatic carbocycles. The van der Waals surface area contributed by atoms with Crippen LogP contribution >= 0.6 is 0 Å². The highest BCUT2D eigenvalue weighted by molar-refractivity contribution is 7.92. The maximum absolute atomic E-state index is 12.7. The molecule has 0 radical (unpaired) electrons. The maximum Gasteiger partial charge on any atom is 0.335 e. The summed E-state index contributed by atoms with van der Waals surface area (Å²) in [7, 11) is -2.45. The number of benzene rings is 2. The summed E-state index contributed by atoms with van der Waals surface area (Å²) in [6, 6.07) is 8.24. The Balaban J connectivity index is 2.52. The molecule has 8 nitrogen and oxygen atoms in total. The lowest BCUT2D eigenvalue weighted by molar-refractivity contribution is 0.0696. The molecule has 0 unspecified atom stereocenters. The number of sulfonamides is 1. The molecular formula is C19H20N4O4S. The molecule has 0 atom stereocenters. The summed E-state index contributed by atoms with van der Waals surface area (Å²) >= 11 is 0. The van der Waals surface area contributed by atoms with Crippen LogP contribution in [0.2, 0.25) is 0 Å². The predicted octanol–water partition coefficient (Wildman–Crippen LogP) is 2.82. The van der Waals surface area contributed by atoms with Crippen LogP contribution in [0.25, 0.3) is 5.57 Å². The minimum atomic E-state index is -4.05. The molecule has 0 bridgehead atoms. The molecule has 146 valence electrons. The van der Waals surface area contributed by atoms with Crippen LogP contribution in [0.5, 0.6) is 0 Å². The van der Waals surface area contributed by atoms with Crippen molar-refractivity contribution in [1.82, 2.24) is 0 Å². The number of nitrogens with two attached hydrogens (primary N) is 1. The summed E-state index contributed by atoms with van der Waals surface area (Å²) in [6.45, 7) is 5.25. The molecule has 2 aromatic carbocycles. The van der Waals surface area contributed by atoms with Crippen LogP contribution in [-0.2, 0) is 10.0 Å². The van der Waals surface area contributed by atoms with E-state index in [1.54, 1.807) is 25.4 Å². The Hall–Kier alpha value is -3.46. The number of nitrogens with one attached hydrogen (secondary N) is 1. The molecule has 0 aliphatic rings. The van der Waals surface area contributed by atoms with Gasteiger partial charge in [-0.3, -0.25) is 14.7 Å². The largest absolute Gasteiger partial charge is 0.478 e. The number of aromatic carboxylic acids is 1. The Bertz CT molecular complexity index is 1090. The van der Waals surface area contributed by atoms with Gasteiger partial charge in [-0.15, -0.1) is 0 Å². The highest BCUT2D eigenvalue weighted by Gasteiger charge is 2.19. The van der Waals surface area contributed by atoms with Crippen molar-refractivity contribution >= 4 is 45.9 Å². The predicted molar refractivity (Wildman–Crippen MR) is 112 cm³/mol. The average Bonchev–Trinajstić information content (AvgIpc) is 2.64. The first-order valence-electron chi connectivity index (χ1n) is 8.04. The zero-order chi connectivity index (χ0) is 20.9. The number of anilines is 2. The van der Waals surface area contributed by atoms with Crippen LogP contribution in [0.4, 0.5) is 11.4 Å². The second-order valence-corrected chi connectivity index (χ2v) is 7.53. The van der Waals surface area contributed by atoms with Gasteiger partial charge in [0.05, 0.1) is 21.8 Å². The van der Waals surface area contributed by atoms with Crippen LogP contribution in [0.1, 0.15) is 21.5 Å². The molecule has 0 heterocycles. The van der Waals surface area contributed by atoms with Crippen molar-refractivity contribution in [2.75, 3.05) is 17.5 Å². The average molecular weight is 400 g/mol. The van der Waals surface area contributed by atoms with Gasteiger partial charge in [-0.25, -0.2) is 13.2 Å². The zero-order valence-electron chi connectivity index (χ0n) is 15.4. The number of carboxylic acids is 1. The van der Waals surface area contributed by atoms with Crippen LogP contribution in [0, 0.1) is 6.92 Å². The van der Waals surface area contributed by atoms with Gasteiger partial charge in [0.15, 0.2) is 0 Å². The van der Waals surface area contributed by atoms with E-state index in [2.05, 4.69) is 21.4 Å². The molecule has 28 heavy (non-hydrogen) atoms. The lowest BCUT2D eigenvalue weighted by Crippen LogP contribution is -2.15. The van der Waals surface area contributed by atoms with Crippen molar-refractivity contribution < 1.29 is 18.3 Å². The van der Waals surface area contributed by atoms with Crippen LogP contribution in [0.3, 0.4) is 0 Å². The third-order valence-corrected chi connectivity index (χ3v) is 5.20. The van der Waals surface area contributed by atoms with E-state index in [9.17, 15) is 13.2 Å². The van der Waals surface area contributed by atoms with Gasteiger partial charge in [0, 0.05) is 25.0 Å². The summed E-state index contributed by atoms with van der Waals surface area (Å²) in [5, 5.41) is 9.07. The standard InChI is InChI=1S/C19H20N4O4S/c1-12-7-17(20)18(9-16(12)14(10-21-2)11-22-3)23-28(26,27)15-6-4-5-13(8-15)19(24)25/h4-11,23H,2,20H2,1,3H3,(H,24,25)/b14-10+,22-11-. The van der Waals surface area contributed by atoms with E-state index in [4.69, 9.17) is 10.8 Å². The van der Waals surface area contributed by atoms with Gasteiger partial charge >= 0.3 is 5.97 Å². The van der Waals surface area contributed by atoms with E-state index in [0.717, 1.165) is 11.6 Å². The van der Waals surface area contributed by atoms with Crippen LogP contribution in [0.15, 0.2) is 57.5 Å². The monoisotopic (exact) mass is 400 g/mol. The molecule has 0 aliphatic heterocycles. The number of hydrogen-bond acceptors (Lipinski definition) is 6. The lowest BCUT2D eigenvalue weighted by atomic mass is 10.0. The second-order valence-electron chi connectivity index (χ2n) is 5.85. The number of aliphatic imine (C=N–C) groups is 2. The number of nitrogens with zero attached hydrogens (tertiary/aromatic N) is 2. The van der Waals surface area contributed by atoms with Crippen LogP contribution in [-0.4, -0.2) is 39.5 Å². The fourth-order valence-corrected chi connectivity index (χ4v) is 3.66. The Labute approximate surface area is 163 Å². The fourth-order valence-electron chi connectivity index (χ4n) is 2.54. The van der Waals surface area contributed by atoms with E-state index in [0.29, 0.717) is 11.1 Å². The molecule has 0 saturated carbocycles. The molecule has 0 fully saturated rings. The SMILES string of the molecule is C=N/C=C(\C=N/C)c1cc(NS(=O)(=O)c2cccc(C(=O)O)c2)c(N)cc1C. The number of aryl methyl sites for hydroxylation is 1. The first kappa shape index (κ1) is 20.8. The van der Waals surface area contributed by atoms with Gasteiger partial charge in [0.1, 0.15) is 0 Å². The third-order valence-electron chi connectivity index (χ3n) is 3.84. The van der Waals surface area contributed by atoms with Gasteiger partial charge in [-0.05, 0) is 55.1 Å². The summed E-state index contributed by atoms with van der Waals surface area (Å²) < 4.78 is 27.8. The third kappa shape index (κ3) is 4.63. The van der Waals surface area contributed by atoms with Crippen LogP contribution < -0.4 is 10.5 Å². The van der Waals surface area contributed by atoms with Gasteiger partial charge in [-0.2, -0.15) is 0 Å². The molecule has 2 aromatic rings. The van der Waals surface area contributed by atoms with E-state index < -0.39 is 16.0 Å². The quantitative estimate of drug-likeness (QED) is 0.485. The molecule has 9 heteroatoms. The first-order valence-corrected chi connectivity index (χ1v) is 9.52. The number of allylic oxidation sites excluding steroid dienone is 1. The Morgan fingerprint density at radius 2 is 2.00 bits per heavy atom. The highest BCUT2D eigenvalue weighted by atomic mass is 32.2. The number of hydrogen-bond donors (Lipinski definition) is 3. The van der Waals surface area contributed by atoms with Gasteiger partial charge in [0.2, 0.25) is 0 Å². The topological polar surface area (TPSA) is 134 Å². The summed E-state index contributed by atoms with van der Waals surface area (Å²) in [4.78, 5) is 18.6. The second kappa shape index (κ2) is 8.49. The van der Waals surface area contributed by atoms with Gasteiger partial charge in [-0.1, -0.05) is 6.07 Å². The molecule has 0 saturated heterocycles. The molecule has 0 aromatic heterocycles. The van der Waals surface area contributed by atoms with Crippen molar-refractivity contribution in [3.63, 3.8) is 0 Å². The Morgan fingerprint density at radius 1 is 1.29 bits per heavy atom. The molecular weight excluding hydrogens is 380 g/mol. The molecule has 4 N–H and O–H groups in total. The number of carboxylic acid groups (broad SMARTS) is 1. The summed E-state index contributed by atoms with van der Waals surface area (Å²) in [6.07, 6.45) is 3.07. The first-order chi connectivity index (χ1) is 13.2. The van der Waals surface area contributed by atoms with Gasteiger partial charge < -0.3 is 10.8 Å². The van der Waals surface area contributed by atoms with E-state index in [-0.39, 0.29) is 21.8 Å². The number of carbonyl (C=O) groups is 1. The lowest BCUT2D eigenvalue weighted by Gasteiger charge is -2.15. The minimum absolute atomic E-state index is 0.137. The van der Waals surface area contributed by atoms with E-state index in [1.165, 1.54) is 24.4 Å². The molecule has 0 spiro atoms. The number of nitrogen functional groups attached to an aromatic ring is 1. The van der Waals surface area contributed by atoms with E-state index in [1.807, 2.05) is 6.92 Å². The maximum atomic E-state index is 12.7. The molecule has 2 rings (SSSR count). The summed E-state index contributed by atoms with van der Waals surface area (Å²) in [5.41, 5.74) is 8.32. The van der Waals surface area contributed by atoms with Crippen molar-refractivity contribution in [1.29, 1.82) is 0 Å². The smallest absolute Gasteiger partial charge is 0.335 e. The van der Waals surface area contributed by atoms with Crippen molar-refractivity contribution in [3.05, 3.63) is 59.3 Å². The normalized spacial score (nSPS) is 12.1. The van der Waals surface area contributed by atoms with Crippen molar-refractivity contribution in [2.24, 2.45) is 9.98 Å².